The van der Waals surface area contributed by atoms with Crippen molar-refractivity contribution in [2.45, 2.75) is 12.6 Å². The van der Waals surface area contributed by atoms with E-state index in [4.69, 9.17) is 11.6 Å². The maximum absolute atomic E-state index is 12.4. The van der Waals surface area contributed by atoms with Gasteiger partial charge in [-0.05, 0) is 12.1 Å². The second kappa shape index (κ2) is 5.46. The summed E-state index contributed by atoms with van der Waals surface area (Å²) in [4.78, 5) is 3.19. The summed E-state index contributed by atoms with van der Waals surface area (Å²) in [5, 5.41) is -0.218. The first-order chi connectivity index (χ1) is 7.43. The van der Waals surface area contributed by atoms with Crippen molar-refractivity contribution in [2.24, 2.45) is 0 Å². The van der Waals surface area contributed by atoms with Crippen molar-refractivity contribution < 1.29 is 13.2 Å². The Labute approximate surface area is 101 Å². The number of aromatic nitrogens is 1. The van der Waals surface area contributed by atoms with Gasteiger partial charge in [-0.3, -0.25) is 0 Å². The minimum Gasteiger partial charge on any atom is -0.232 e. The SMILES string of the molecule is FC(F)(F)c1cc(C#CCCS)cc(Cl)n1. The van der Waals surface area contributed by atoms with Gasteiger partial charge in [0.2, 0.25) is 0 Å². The Hall–Kier alpha value is -0.860. The lowest BCUT2D eigenvalue weighted by Gasteiger charge is -2.05. The van der Waals surface area contributed by atoms with Crippen LogP contribution in [0.4, 0.5) is 13.2 Å². The van der Waals surface area contributed by atoms with E-state index in [1.54, 1.807) is 0 Å². The standard InChI is InChI=1S/C10H7ClF3NS/c11-9-6-7(3-1-2-4-16)5-8(15-9)10(12,13)14/h5-6,16H,2,4H2. The Morgan fingerprint density at radius 1 is 1.38 bits per heavy atom. The second-order valence-electron chi connectivity index (χ2n) is 2.84. The molecule has 1 heterocycles. The average molecular weight is 266 g/mol. The first kappa shape index (κ1) is 13.2. The molecule has 0 spiro atoms. The van der Waals surface area contributed by atoms with E-state index in [0.29, 0.717) is 12.2 Å². The number of hydrogen-bond donors (Lipinski definition) is 1. The molecule has 1 nitrogen and oxygen atoms in total. The van der Waals surface area contributed by atoms with E-state index in [1.807, 2.05) is 0 Å². The Kier molecular flexibility index (Phi) is 4.51. The van der Waals surface area contributed by atoms with Gasteiger partial charge in [-0.15, -0.1) is 0 Å². The zero-order valence-electron chi connectivity index (χ0n) is 7.98. The zero-order chi connectivity index (χ0) is 12.2. The van der Waals surface area contributed by atoms with Crippen LogP contribution in [0.5, 0.6) is 0 Å². The number of halogens is 4. The van der Waals surface area contributed by atoms with Gasteiger partial charge in [-0.25, -0.2) is 4.98 Å². The van der Waals surface area contributed by atoms with E-state index >= 15 is 0 Å². The Balaban J connectivity index is 3.05. The zero-order valence-corrected chi connectivity index (χ0v) is 9.63. The highest BCUT2D eigenvalue weighted by atomic mass is 35.5. The highest BCUT2D eigenvalue weighted by Gasteiger charge is 2.33. The lowest BCUT2D eigenvalue weighted by Crippen LogP contribution is -2.08. The number of rotatable bonds is 1. The third-order valence-electron chi connectivity index (χ3n) is 1.55. The quantitative estimate of drug-likeness (QED) is 0.466. The van der Waals surface area contributed by atoms with Gasteiger partial charge in [0.1, 0.15) is 10.8 Å². The fraction of sp³-hybridized carbons (Fsp3) is 0.300. The molecule has 0 aliphatic rings. The number of pyridine rings is 1. The first-order valence-corrected chi connectivity index (χ1v) is 5.29. The fourth-order valence-electron chi connectivity index (χ4n) is 0.935. The van der Waals surface area contributed by atoms with Crippen molar-refractivity contribution >= 4 is 24.2 Å². The van der Waals surface area contributed by atoms with Crippen molar-refractivity contribution in [1.82, 2.24) is 4.98 Å². The average Bonchev–Trinajstić information content (AvgIpc) is 2.16. The van der Waals surface area contributed by atoms with Crippen molar-refractivity contribution in [3.8, 4) is 11.8 Å². The molecule has 0 N–H and O–H groups in total. The summed E-state index contributed by atoms with van der Waals surface area (Å²) in [6.45, 7) is 0. The predicted molar refractivity (Wildman–Crippen MR) is 59.6 cm³/mol. The van der Waals surface area contributed by atoms with E-state index in [0.717, 1.165) is 6.07 Å². The maximum atomic E-state index is 12.4. The van der Waals surface area contributed by atoms with Crippen LogP contribution in [0.3, 0.4) is 0 Å². The predicted octanol–water partition coefficient (Wildman–Crippen LogP) is 3.43. The summed E-state index contributed by atoms with van der Waals surface area (Å²) in [6, 6.07) is 2.17. The molecule has 0 aliphatic heterocycles. The minimum atomic E-state index is -4.51. The molecule has 1 aromatic heterocycles. The topological polar surface area (TPSA) is 12.9 Å². The highest BCUT2D eigenvalue weighted by molar-refractivity contribution is 7.80. The first-order valence-electron chi connectivity index (χ1n) is 4.28. The molecule has 16 heavy (non-hydrogen) atoms. The number of nitrogens with zero attached hydrogens (tertiary/aromatic N) is 1. The lowest BCUT2D eigenvalue weighted by atomic mass is 10.2. The number of alkyl halides is 3. The summed E-state index contributed by atoms with van der Waals surface area (Å²) in [5.41, 5.74) is -0.829. The number of thiol groups is 1. The molecule has 86 valence electrons. The van der Waals surface area contributed by atoms with Gasteiger partial charge >= 0.3 is 6.18 Å². The summed E-state index contributed by atoms with van der Waals surface area (Å²) < 4.78 is 37.1. The molecular formula is C10H7ClF3NS. The van der Waals surface area contributed by atoms with Gasteiger partial charge in [-0.2, -0.15) is 25.8 Å². The van der Waals surface area contributed by atoms with Crippen molar-refractivity contribution in [3.63, 3.8) is 0 Å². The van der Waals surface area contributed by atoms with Gasteiger partial charge in [-0.1, -0.05) is 23.4 Å². The van der Waals surface area contributed by atoms with Crippen LogP contribution in [0.15, 0.2) is 12.1 Å². The summed E-state index contributed by atoms with van der Waals surface area (Å²) in [7, 11) is 0. The summed E-state index contributed by atoms with van der Waals surface area (Å²) in [6.07, 6.45) is -4.00. The molecule has 0 amide bonds. The van der Waals surface area contributed by atoms with Crippen LogP contribution in [0.1, 0.15) is 17.7 Å². The van der Waals surface area contributed by atoms with E-state index in [1.165, 1.54) is 6.07 Å². The van der Waals surface area contributed by atoms with Gasteiger partial charge in [0.15, 0.2) is 0 Å². The minimum absolute atomic E-state index is 0.203. The van der Waals surface area contributed by atoms with Crippen molar-refractivity contribution in [3.05, 3.63) is 28.5 Å². The van der Waals surface area contributed by atoms with Crippen molar-refractivity contribution in [1.29, 1.82) is 0 Å². The van der Waals surface area contributed by atoms with Crippen LogP contribution in [-0.2, 0) is 6.18 Å². The van der Waals surface area contributed by atoms with Crippen LogP contribution < -0.4 is 0 Å². The van der Waals surface area contributed by atoms with Crippen LogP contribution in [0.2, 0.25) is 5.15 Å². The Morgan fingerprint density at radius 2 is 2.06 bits per heavy atom. The van der Waals surface area contributed by atoms with E-state index < -0.39 is 11.9 Å². The fourth-order valence-corrected chi connectivity index (χ4v) is 1.26. The van der Waals surface area contributed by atoms with E-state index in [-0.39, 0.29) is 10.7 Å². The van der Waals surface area contributed by atoms with E-state index in [2.05, 4.69) is 29.5 Å². The molecule has 6 heteroatoms. The molecule has 1 aromatic rings. The van der Waals surface area contributed by atoms with Crippen LogP contribution in [-0.4, -0.2) is 10.7 Å². The van der Waals surface area contributed by atoms with Gasteiger partial charge < -0.3 is 0 Å². The maximum Gasteiger partial charge on any atom is 0.433 e. The second-order valence-corrected chi connectivity index (χ2v) is 3.67. The monoisotopic (exact) mass is 265 g/mol. The molecule has 0 saturated heterocycles. The molecule has 0 aliphatic carbocycles. The van der Waals surface area contributed by atoms with Gasteiger partial charge in [0.05, 0.1) is 0 Å². The molecule has 1 rings (SSSR count). The third-order valence-corrected chi connectivity index (χ3v) is 1.97. The van der Waals surface area contributed by atoms with Crippen LogP contribution >= 0.6 is 24.2 Å². The molecule has 0 radical (unpaired) electrons. The van der Waals surface area contributed by atoms with Crippen LogP contribution in [0.25, 0.3) is 0 Å². The van der Waals surface area contributed by atoms with Gasteiger partial charge in [0, 0.05) is 17.7 Å². The number of hydrogen-bond acceptors (Lipinski definition) is 2. The normalized spacial score (nSPS) is 10.8. The van der Waals surface area contributed by atoms with E-state index in [9.17, 15) is 13.2 Å². The third kappa shape index (κ3) is 3.95. The molecule has 0 aromatic carbocycles. The molecule has 0 fully saturated rings. The molecule has 0 bridgehead atoms. The van der Waals surface area contributed by atoms with Crippen molar-refractivity contribution in [2.75, 3.05) is 5.75 Å². The Bertz CT molecular complexity index is 434. The summed E-state index contributed by atoms with van der Waals surface area (Å²) >= 11 is 9.41. The van der Waals surface area contributed by atoms with Crippen LogP contribution in [0, 0.1) is 11.8 Å². The molecule has 0 atom stereocenters. The molecule has 0 saturated carbocycles. The summed E-state index contributed by atoms with van der Waals surface area (Å²) in [5.74, 6) is 5.81. The largest absolute Gasteiger partial charge is 0.433 e. The smallest absolute Gasteiger partial charge is 0.232 e. The Morgan fingerprint density at radius 3 is 2.62 bits per heavy atom. The molecular weight excluding hydrogens is 259 g/mol. The van der Waals surface area contributed by atoms with Gasteiger partial charge in [0.25, 0.3) is 0 Å². The lowest BCUT2D eigenvalue weighted by molar-refractivity contribution is -0.141. The highest BCUT2D eigenvalue weighted by Crippen LogP contribution is 2.29. The molecule has 0 unspecified atom stereocenters.